The van der Waals surface area contributed by atoms with Gasteiger partial charge in [0.2, 0.25) is 5.91 Å². The number of carbonyl (C=O) groups excluding carboxylic acids is 1. The molecule has 0 saturated carbocycles. The third-order valence-corrected chi connectivity index (χ3v) is 4.14. The van der Waals surface area contributed by atoms with E-state index in [1.165, 1.54) is 11.1 Å². The summed E-state index contributed by atoms with van der Waals surface area (Å²) in [7, 11) is 1.86. The quantitative estimate of drug-likeness (QED) is 0.907. The normalized spacial score (nSPS) is 20.0. The van der Waals surface area contributed by atoms with E-state index in [1.54, 1.807) is 4.90 Å². The van der Waals surface area contributed by atoms with E-state index in [4.69, 9.17) is 5.73 Å². The summed E-state index contributed by atoms with van der Waals surface area (Å²) >= 11 is 0. The predicted molar refractivity (Wildman–Crippen MR) is 81.4 cm³/mol. The van der Waals surface area contributed by atoms with Crippen LogP contribution in [0.15, 0.2) is 24.3 Å². The lowest BCUT2D eigenvalue weighted by atomic mass is 9.94. The zero-order valence-corrected chi connectivity index (χ0v) is 12.7. The molecule has 1 saturated heterocycles. The van der Waals surface area contributed by atoms with Gasteiger partial charge < -0.3 is 10.6 Å². The van der Waals surface area contributed by atoms with Crippen LogP contribution < -0.4 is 5.73 Å². The molecule has 0 bridgehead atoms. The van der Waals surface area contributed by atoms with Crippen LogP contribution in [-0.4, -0.2) is 48.4 Å². The second kappa shape index (κ2) is 6.37. The standard InChI is InChI=1S/C16H25N3O/c1-4-14(17)16(13-7-5-6-12(2)10-13)19-9-8-18(3)15(20)11-19/h5-7,10,14,16H,4,8-9,11,17H2,1-3H3. The highest BCUT2D eigenvalue weighted by atomic mass is 16.2. The van der Waals surface area contributed by atoms with Crippen molar-refractivity contribution in [3.63, 3.8) is 0 Å². The van der Waals surface area contributed by atoms with E-state index >= 15 is 0 Å². The maximum atomic E-state index is 12.0. The second-order valence-corrected chi connectivity index (χ2v) is 5.72. The number of nitrogens with zero attached hydrogens (tertiary/aromatic N) is 2. The number of hydrogen-bond donors (Lipinski definition) is 1. The molecule has 2 unspecified atom stereocenters. The summed E-state index contributed by atoms with van der Waals surface area (Å²) < 4.78 is 0. The van der Waals surface area contributed by atoms with E-state index in [0.29, 0.717) is 6.54 Å². The number of benzene rings is 1. The van der Waals surface area contributed by atoms with Gasteiger partial charge in [-0.1, -0.05) is 36.8 Å². The highest BCUT2D eigenvalue weighted by Gasteiger charge is 2.31. The number of hydrogen-bond acceptors (Lipinski definition) is 3. The van der Waals surface area contributed by atoms with Gasteiger partial charge in [-0.25, -0.2) is 0 Å². The van der Waals surface area contributed by atoms with Gasteiger partial charge in [0.05, 0.1) is 12.6 Å². The molecule has 2 rings (SSSR count). The largest absolute Gasteiger partial charge is 0.343 e. The minimum atomic E-state index is 0.0491. The Bertz CT molecular complexity index is 475. The predicted octanol–water partition coefficient (Wildman–Crippen LogP) is 1.55. The molecule has 0 aliphatic carbocycles. The molecule has 1 aliphatic heterocycles. The third-order valence-electron chi connectivity index (χ3n) is 4.14. The van der Waals surface area contributed by atoms with Crippen LogP contribution in [0, 0.1) is 6.92 Å². The first-order valence-electron chi connectivity index (χ1n) is 7.33. The van der Waals surface area contributed by atoms with Crippen LogP contribution in [0.2, 0.25) is 0 Å². The van der Waals surface area contributed by atoms with E-state index in [2.05, 4.69) is 43.0 Å². The third kappa shape index (κ3) is 3.19. The van der Waals surface area contributed by atoms with Crippen molar-refractivity contribution in [2.24, 2.45) is 5.73 Å². The van der Waals surface area contributed by atoms with Gasteiger partial charge in [-0.15, -0.1) is 0 Å². The smallest absolute Gasteiger partial charge is 0.236 e. The van der Waals surface area contributed by atoms with Crippen LogP contribution in [0.5, 0.6) is 0 Å². The van der Waals surface area contributed by atoms with Crippen LogP contribution in [-0.2, 0) is 4.79 Å². The number of carbonyl (C=O) groups is 1. The molecule has 0 aromatic heterocycles. The van der Waals surface area contributed by atoms with E-state index in [0.717, 1.165) is 19.5 Å². The minimum absolute atomic E-state index is 0.0491. The maximum absolute atomic E-state index is 12.0. The van der Waals surface area contributed by atoms with Crippen molar-refractivity contribution in [2.75, 3.05) is 26.7 Å². The minimum Gasteiger partial charge on any atom is -0.343 e. The number of rotatable bonds is 4. The zero-order chi connectivity index (χ0) is 14.7. The first-order valence-corrected chi connectivity index (χ1v) is 7.33. The second-order valence-electron chi connectivity index (χ2n) is 5.72. The fourth-order valence-corrected chi connectivity index (χ4v) is 2.82. The molecule has 1 fully saturated rings. The average Bonchev–Trinajstić information content (AvgIpc) is 2.43. The van der Waals surface area contributed by atoms with Gasteiger partial charge in [-0.3, -0.25) is 9.69 Å². The summed E-state index contributed by atoms with van der Waals surface area (Å²) in [5, 5.41) is 0. The molecular formula is C16H25N3O. The molecule has 1 heterocycles. The van der Waals surface area contributed by atoms with Gasteiger partial charge in [-0.05, 0) is 18.9 Å². The highest BCUT2D eigenvalue weighted by Crippen LogP contribution is 2.27. The zero-order valence-electron chi connectivity index (χ0n) is 12.7. The summed E-state index contributed by atoms with van der Waals surface area (Å²) in [5.41, 5.74) is 8.80. The molecule has 1 aromatic rings. The SMILES string of the molecule is CCC(N)C(c1cccc(C)c1)N1CCN(C)C(=O)C1. The Labute approximate surface area is 121 Å². The van der Waals surface area contributed by atoms with Crippen molar-refractivity contribution in [2.45, 2.75) is 32.4 Å². The number of aryl methyl sites for hydroxylation is 1. The molecule has 20 heavy (non-hydrogen) atoms. The van der Waals surface area contributed by atoms with Gasteiger partial charge in [0.1, 0.15) is 0 Å². The van der Waals surface area contributed by atoms with E-state index in [-0.39, 0.29) is 18.0 Å². The first-order chi connectivity index (χ1) is 9.52. The van der Waals surface area contributed by atoms with Crippen molar-refractivity contribution in [1.29, 1.82) is 0 Å². The Kier molecular flexibility index (Phi) is 4.78. The molecule has 1 amide bonds. The van der Waals surface area contributed by atoms with Crippen LogP contribution >= 0.6 is 0 Å². The van der Waals surface area contributed by atoms with Crippen LogP contribution in [0.3, 0.4) is 0 Å². The van der Waals surface area contributed by atoms with Gasteiger partial charge in [0.15, 0.2) is 0 Å². The van der Waals surface area contributed by atoms with Crippen molar-refractivity contribution < 1.29 is 4.79 Å². The summed E-state index contributed by atoms with van der Waals surface area (Å²) in [6.07, 6.45) is 0.902. The van der Waals surface area contributed by atoms with Gasteiger partial charge >= 0.3 is 0 Å². The van der Waals surface area contributed by atoms with Gasteiger partial charge in [-0.2, -0.15) is 0 Å². The Morgan fingerprint density at radius 2 is 2.10 bits per heavy atom. The number of likely N-dealkylation sites (N-methyl/N-ethyl adjacent to an activating group) is 1. The molecule has 2 N–H and O–H groups in total. The number of amides is 1. The van der Waals surface area contributed by atoms with Crippen LogP contribution in [0.4, 0.5) is 0 Å². The van der Waals surface area contributed by atoms with E-state index in [9.17, 15) is 4.79 Å². The van der Waals surface area contributed by atoms with E-state index in [1.807, 2.05) is 7.05 Å². The molecule has 0 spiro atoms. The fraction of sp³-hybridized carbons (Fsp3) is 0.562. The molecule has 4 nitrogen and oxygen atoms in total. The Hall–Kier alpha value is -1.39. The lowest BCUT2D eigenvalue weighted by Crippen LogP contribution is -2.52. The van der Waals surface area contributed by atoms with Crippen molar-refractivity contribution >= 4 is 5.91 Å². The monoisotopic (exact) mass is 275 g/mol. The topological polar surface area (TPSA) is 49.6 Å². The fourth-order valence-electron chi connectivity index (χ4n) is 2.82. The van der Waals surface area contributed by atoms with Crippen LogP contribution in [0.25, 0.3) is 0 Å². The Morgan fingerprint density at radius 3 is 2.70 bits per heavy atom. The first kappa shape index (κ1) is 15.0. The maximum Gasteiger partial charge on any atom is 0.236 e. The number of nitrogens with two attached hydrogens (primary N) is 1. The van der Waals surface area contributed by atoms with Crippen molar-refractivity contribution in [3.8, 4) is 0 Å². The Morgan fingerprint density at radius 1 is 1.35 bits per heavy atom. The van der Waals surface area contributed by atoms with Crippen molar-refractivity contribution in [3.05, 3.63) is 35.4 Å². The summed E-state index contributed by atoms with van der Waals surface area (Å²) in [4.78, 5) is 16.0. The molecule has 110 valence electrons. The lowest BCUT2D eigenvalue weighted by Gasteiger charge is -2.40. The number of piperazine rings is 1. The van der Waals surface area contributed by atoms with Crippen LogP contribution in [0.1, 0.15) is 30.5 Å². The molecule has 1 aliphatic rings. The molecule has 0 radical (unpaired) electrons. The Balaban J connectivity index is 2.26. The molecule has 4 heteroatoms. The van der Waals surface area contributed by atoms with Gasteiger partial charge in [0.25, 0.3) is 0 Å². The summed E-state index contributed by atoms with van der Waals surface area (Å²) in [6, 6.07) is 8.63. The molecule has 1 aromatic carbocycles. The van der Waals surface area contributed by atoms with E-state index < -0.39 is 0 Å². The van der Waals surface area contributed by atoms with Gasteiger partial charge in [0, 0.05) is 26.2 Å². The highest BCUT2D eigenvalue weighted by molar-refractivity contribution is 5.78. The molecule has 2 atom stereocenters. The average molecular weight is 275 g/mol. The summed E-state index contributed by atoms with van der Waals surface area (Å²) in [6.45, 7) is 6.31. The van der Waals surface area contributed by atoms with Crippen molar-refractivity contribution in [1.82, 2.24) is 9.80 Å². The summed E-state index contributed by atoms with van der Waals surface area (Å²) in [5.74, 6) is 0.178. The lowest BCUT2D eigenvalue weighted by molar-refractivity contribution is -0.135. The molecular weight excluding hydrogens is 250 g/mol.